The van der Waals surface area contributed by atoms with Crippen molar-refractivity contribution in [3.8, 4) is 0 Å². The fraction of sp³-hybridized carbons (Fsp3) is 0.143. The molecule has 4 aromatic carbocycles. The Hall–Kier alpha value is -4.32. The summed E-state index contributed by atoms with van der Waals surface area (Å²) in [6, 6.07) is 33.4. The fourth-order valence-electron chi connectivity index (χ4n) is 4.74. The number of rotatable bonds is 9. The highest BCUT2D eigenvalue weighted by molar-refractivity contribution is 5.36. The van der Waals surface area contributed by atoms with E-state index < -0.39 is 23.9 Å². The average molecular weight is 453 g/mol. The first-order valence-corrected chi connectivity index (χ1v) is 11.0. The molecule has 34 heavy (non-hydrogen) atoms. The lowest BCUT2D eigenvalue weighted by Crippen LogP contribution is -2.31. The molecular formula is C28H24N2O4. The predicted octanol–water partition coefficient (Wildman–Crippen LogP) is 6.59. The largest absolute Gasteiger partial charge is 0.264 e. The SMILES string of the molecule is O=[N+]([O-])C(c1ccccc1)C(c1ccccc1)C(c1ccccc1)C(c1ccccc1)[N+](=O)[O-]. The van der Waals surface area contributed by atoms with Crippen molar-refractivity contribution in [3.63, 3.8) is 0 Å². The second-order valence-electron chi connectivity index (χ2n) is 8.15. The molecule has 0 aliphatic rings. The Balaban J connectivity index is 2.01. The molecule has 0 saturated heterocycles. The van der Waals surface area contributed by atoms with Gasteiger partial charge in [-0.05, 0) is 11.1 Å². The summed E-state index contributed by atoms with van der Waals surface area (Å²) in [5.41, 5.74) is 2.39. The standard InChI is InChI=1S/C28H24N2O4/c31-29(32)27(23-17-9-3-10-18-23)25(21-13-5-1-6-14-21)26(22-15-7-2-8-16-22)28(30(33)34)24-19-11-4-12-20-24/h1-20,25-28H. The molecule has 0 saturated carbocycles. The minimum atomic E-state index is -1.18. The lowest BCUT2D eigenvalue weighted by Gasteiger charge is -2.32. The van der Waals surface area contributed by atoms with Gasteiger partial charge in [-0.25, -0.2) is 0 Å². The van der Waals surface area contributed by atoms with Gasteiger partial charge in [0, 0.05) is 21.0 Å². The van der Waals surface area contributed by atoms with E-state index in [-0.39, 0.29) is 9.85 Å². The molecule has 0 amide bonds. The first-order valence-electron chi connectivity index (χ1n) is 11.0. The van der Waals surface area contributed by atoms with Crippen LogP contribution in [0.1, 0.15) is 46.2 Å². The number of nitrogens with zero attached hydrogens (tertiary/aromatic N) is 2. The van der Waals surface area contributed by atoms with E-state index >= 15 is 0 Å². The average Bonchev–Trinajstić information content (AvgIpc) is 2.87. The summed E-state index contributed by atoms with van der Waals surface area (Å²) >= 11 is 0. The van der Waals surface area contributed by atoms with Crippen molar-refractivity contribution in [2.75, 3.05) is 0 Å². The zero-order valence-corrected chi connectivity index (χ0v) is 18.4. The Morgan fingerprint density at radius 3 is 0.882 bits per heavy atom. The number of hydrogen-bond donors (Lipinski definition) is 0. The molecule has 4 aromatic rings. The molecule has 4 unspecified atom stereocenters. The normalized spacial score (nSPS) is 14.5. The molecule has 6 nitrogen and oxygen atoms in total. The van der Waals surface area contributed by atoms with Crippen LogP contribution in [-0.2, 0) is 0 Å². The fourth-order valence-corrected chi connectivity index (χ4v) is 4.74. The quantitative estimate of drug-likeness (QED) is 0.212. The summed E-state index contributed by atoms with van der Waals surface area (Å²) in [6.07, 6.45) is 0. The summed E-state index contributed by atoms with van der Waals surface area (Å²) < 4.78 is 0. The van der Waals surface area contributed by atoms with E-state index in [0.717, 1.165) is 0 Å². The zero-order chi connectivity index (χ0) is 23.9. The first-order chi connectivity index (χ1) is 16.6. The van der Waals surface area contributed by atoms with Crippen LogP contribution in [0, 0.1) is 20.2 Å². The van der Waals surface area contributed by atoms with Crippen LogP contribution in [0.15, 0.2) is 121 Å². The second-order valence-corrected chi connectivity index (χ2v) is 8.15. The topological polar surface area (TPSA) is 86.3 Å². The molecule has 0 N–H and O–H groups in total. The van der Waals surface area contributed by atoms with Crippen molar-refractivity contribution in [2.24, 2.45) is 0 Å². The Kier molecular flexibility index (Phi) is 7.08. The molecule has 0 aromatic heterocycles. The third kappa shape index (κ3) is 4.86. The van der Waals surface area contributed by atoms with Gasteiger partial charge in [0.1, 0.15) is 0 Å². The molecule has 6 heteroatoms. The highest BCUT2D eigenvalue weighted by Crippen LogP contribution is 2.50. The summed E-state index contributed by atoms with van der Waals surface area (Å²) in [4.78, 5) is 24.6. The number of nitro groups is 2. The van der Waals surface area contributed by atoms with Gasteiger partial charge in [0.05, 0.1) is 11.8 Å². The van der Waals surface area contributed by atoms with Crippen molar-refractivity contribution in [2.45, 2.75) is 23.9 Å². The van der Waals surface area contributed by atoms with Gasteiger partial charge in [-0.2, -0.15) is 0 Å². The van der Waals surface area contributed by atoms with Crippen LogP contribution in [0.25, 0.3) is 0 Å². The maximum Gasteiger partial charge on any atom is 0.245 e. The van der Waals surface area contributed by atoms with Crippen molar-refractivity contribution in [1.29, 1.82) is 0 Å². The van der Waals surface area contributed by atoms with E-state index in [1.165, 1.54) is 0 Å². The van der Waals surface area contributed by atoms with Gasteiger partial charge in [-0.3, -0.25) is 20.2 Å². The maximum atomic E-state index is 12.6. The Morgan fingerprint density at radius 2 is 0.647 bits per heavy atom. The van der Waals surface area contributed by atoms with E-state index in [1.807, 2.05) is 60.7 Å². The van der Waals surface area contributed by atoms with Crippen LogP contribution in [0.4, 0.5) is 0 Å². The smallest absolute Gasteiger partial charge is 0.245 e. The van der Waals surface area contributed by atoms with Gasteiger partial charge < -0.3 is 0 Å². The molecule has 4 atom stereocenters. The van der Waals surface area contributed by atoms with Gasteiger partial charge in [0.15, 0.2) is 0 Å². The van der Waals surface area contributed by atoms with Gasteiger partial charge >= 0.3 is 0 Å². The Bertz CT molecular complexity index is 1120. The van der Waals surface area contributed by atoms with Crippen LogP contribution in [0.3, 0.4) is 0 Å². The minimum Gasteiger partial charge on any atom is -0.264 e. The van der Waals surface area contributed by atoms with Gasteiger partial charge in [-0.1, -0.05) is 121 Å². The van der Waals surface area contributed by atoms with Crippen LogP contribution >= 0.6 is 0 Å². The van der Waals surface area contributed by atoms with Crippen LogP contribution < -0.4 is 0 Å². The summed E-state index contributed by atoms with van der Waals surface area (Å²) in [7, 11) is 0. The molecule has 170 valence electrons. The third-order valence-corrected chi connectivity index (χ3v) is 6.17. The predicted molar refractivity (Wildman–Crippen MR) is 131 cm³/mol. The molecule has 0 bridgehead atoms. The van der Waals surface area contributed by atoms with Crippen molar-refractivity contribution in [3.05, 3.63) is 164 Å². The van der Waals surface area contributed by atoms with Crippen LogP contribution in [-0.4, -0.2) is 9.85 Å². The van der Waals surface area contributed by atoms with Crippen LogP contribution in [0.5, 0.6) is 0 Å². The molecule has 0 fully saturated rings. The van der Waals surface area contributed by atoms with Crippen molar-refractivity contribution < 1.29 is 9.85 Å². The lowest BCUT2D eigenvalue weighted by molar-refractivity contribution is -0.551. The summed E-state index contributed by atoms with van der Waals surface area (Å²) in [6.45, 7) is 0. The third-order valence-electron chi connectivity index (χ3n) is 6.17. The first kappa shape index (κ1) is 22.9. The lowest BCUT2D eigenvalue weighted by atomic mass is 9.70. The summed E-state index contributed by atoms with van der Waals surface area (Å²) in [5.74, 6) is -1.59. The second kappa shape index (κ2) is 10.5. The molecule has 0 aliphatic carbocycles. The van der Waals surface area contributed by atoms with E-state index in [2.05, 4.69) is 0 Å². The van der Waals surface area contributed by atoms with E-state index in [1.54, 1.807) is 60.7 Å². The Morgan fingerprint density at radius 1 is 0.412 bits per heavy atom. The number of benzene rings is 4. The molecule has 4 rings (SSSR count). The Labute approximate surface area is 197 Å². The molecule has 0 spiro atoms. The molecule has 0 heterocycles. The monoisotopic (exact) mass is 452 g/mol. The van der Waals surface area contributed by atoms with E-state index in [9.17, 15) is 20.2 Å². The van der Waals surface area contributed by atoms with Gasteiger partial charge in [0.25, 0.3) is 0 Å². The van der Waals surface area contributed by atoms with E-state index in [4.69, 9.17) is 0 Å². The highest BCUT2D eigenvalue weighted by atomic mass is 16.6. The zero-order valence-electron chi connectivity index (χ0n) is 18.4. The number of hydrogen-bond acceptors (Lipinski definition) is 4. The maximum absolute atomic E-state index is 12.6. The van der Waals surface area contributed by atoms with Gasteiger partial charge in [-0.15, -0.1) is 0 Å². The molecule has 0 radical (unpaired) electrons. The van der Waals surface area contributed by atoms with Crippen LogP contribution in [0.2, 0.25) is 0 Å². The van der Waals surface area contributed by atoms with Crippen molar-refractivity contribution in [1.82, 2.24) is 0 Å². The van der Waals surface area contributed by atoms with Gasteiger partial charge in [0.2, 0.25) is 12.1 Å². The summed E-state index contributed by atoms with van der Waals surface area (Å²) in [5, 5.41) is 25.2. The molecular weight excluding hydrogens is 428 g/mol. The van der Waals surface area contributed by atoms with E-state index in [0.29, 0.717) is 22.3 Å². The van der Waals surface area contributed by atoms with Crippen molar-refractivity contribution >= 4 is 0 Å². The highest BCUT2D eigenvalue weighted by Gasteiger charge is 2.48. The molecule has 0 aliphatic heterocycles. The minimum absolute atomic E-state index is 0.315.